The van der Waals surface area contributed by atoms with Crippen molar-refractivity contribution in [3.8, 4) is 5.75 Å². The maximum atomic E-state index is 12.2. The summed E-state index contributed by atoms with van der Waals surface area (Å²) in [5.41, 5.74) is 3.81. The van der Waals surface area contributed by atoms with E-state index in [1.807, 2.05) is 52.8 Å². The highest BCUT2D eigenvalue weighted by atomic mass is 16.5. The highest BCUT2D eigenvalue weighted by Crippen LogP contribution is 2.32. The van der Waals surface area contributed by atoms with E-state index in [9.17, 15) is 14.4 Å². The van der Waals surface area contributed by atoms with Gasteiger partial charge < -0.3 is 25.8 Å². The highest BCUT2D eigenvalue weighted by molar-refractivity contribution is 5.81. The summed E-state index contributed by atoms with van der Waals surface area (Å²) < 4.78 is 6.37. The van der Waals surface area contributed by atoms with E-state index in [2.05, 4.69) is 53.2 Å². The van der Waals surface area contributed by atoms with Gasteiger partial charge in [0.1, 0.15) is 17.6 Å². The number of aryl methyl sites for hydroxylation is 3. The number of hydrogen-bond acceptors (Lipinski definition) is 6. The number of rotatable bonds is 13. The van der Waals surface area contributed by atoms with Crippen molar-refractivity contribution < 1.29 is 24.2 Å². The Balaban J connectivity index is 0.000000897. The topological polar surface area (TPSA) is 117 Å². The third kappa shape index (κ3) is 18.9. The number of amides is 2. The summed E-state index contributed by atoms with van der Waals surface area (Å²) in [4.78, 5) is 33.5. The molecule has 2 aliphatic rings. The van der Waals surface area contributed by atoms with Gasteiger partial charge in [-0.25, -0.2) is 0 Å². The van der Waals surface area contributed by atoms with Gasteiger partial charge in [-0.15, -0.1) is 0 Å². The molecule has 1 heterocycles. The molecule has 8 heteroatoms. The lowest BCUT2D eigenvalue weighted by Gasteiger charge is -2.33. The number of fused-ring (bicyclic) bond motifs is 1. The zero-order valence-electron chi connectivity index (χ0n) is 32.1. The minimum absolute atomic E-state index is 0.0324. The second-order valence-electron chi connectivity index (χ2n) is 12.3. The normalized spacial score (nSPS) is 16.6. The van der Waals surface area contributed by atoms with Crippen LogP contribution in [0, 0.1) is 18.8 Å². The van der Waals surface area contributed by atoms with Gasteiger partial charge in [-0.1, -0.05) is 108 Å². The molecule has 2 aromatic carbocycles. The molecule has 8 nitrogen and oxygen atoms in total. The Morgan fingerprint density at radius 2 is 1.61 bits per heavy atom. The first-order valence-corrected chi connectivity index (χ1v) is 18.8. The number of para-hydroxylation sites is 1. The Morgan fingerprint density at radius 3 is 2.14 bits per heavy atom. The molecule has 0 bridgehead atoms. The molecule has 1 aliphatic heterocycles. The largest absolute Gasteiger partial charge is 0.489 e. The summed E-state index contributed by atoms with van der Waals surface area (Å²) in [6.07, 6.45) is 10.2. The van der Waals surface area contributed by atoms with E-state index in [0.717, 1.165) is 57.2 Å². The fourth-order valence-corrected chi connectivity index (χ4v) is 5.77. The quantitative estimate of drug-likeness (QED) is 0.129. The summed E-state index contributed by atoms with van der Waals surface area (Å²) in [6.45, 7) is 19.0. The first-order chi connectivity index (χ1) is 23.7. The number of ether oxygens (including phenoxy) is 1. The maximum Gasteiger partial charge on any atom is 0.225 e. The Hall–Kier alpha value is -3.23. The van der Waals surface area contributed by atoms with Crippen LogP contribution in [-0.2, 0) is 27.2 Å². The molecule has 1 aliphatic carbocycles. The summed E-state index contributed by atoms with van der Waals surface area (Å²) in [7, 11) is 0. The number of nitrogens with one attached hydrogen (secondary N) is 3. The third-order valence-corrected chi connectivity index (χ3v) is 8.60. The van der Waals surface area contributed by atoms with E-state index in [0.29, 0.717) is 19.0 Å². The van der Waals surface area contributed by atoms with Gasteiger partial charge in [0, 0.05) is 19.6 Å². The fourth-order valence-electron chi connectivity index (χ4n) is 5.77. The smallest absolute Gasteiger partial charge is 0.225 e. The van der Waals surface area contributed by atoms with Crippen molar-refractivity contribution >= 4 is 18.1 Å². The van der Waals surface area contributed by atoms with Crippen LogP contribution in [-0.4, -0.2) is 61.1 Å². The number of benzene rings is 2. The number of aliphatic hydroxyl groups excluding tert-OH is 1. The molecule has 4 N–H and O–H groups in total. The standard InChI is InChI=1S/C23H34N2O3.C7H15NO2.C7H8.2C2H6/c1-17(27)22(18-7-3-2-4-8-18)25-15-21-13-12-20-10-5-9-19(23(20)28-21)11-6-14-24-16-26;1-4-8-7(10)5(2)6(3)9;1-7-5-3-2-4-6-7;2*1-2/h5,9-10,16,18,21-22,25H,2-4,6-8,11-15H2,1H3,(H,24,26);5-6,9H,4H2,1-3H3,(H,8,10);2-6H,1H3;2*1-2H3. The SMILES string of the molecule is CC.CC.CC(=O)C(NCC1CCc2cccc(CCCNC=O)c2O1)C1CCCCC1.CCNC(=O)C(C)C(C)O.Cc1ccccc1. The van der Waals surface area contributed by atoms with Crippen molar-refractivity contribution in [2.45, 2.75) is 138 Å². The van der Waals surface area contributed by atoms with Gasteiger partial charge in [-0.2, -0.15) is 0 Å². The predicted octanol–water partition coefficient (Wildman–Crippen LogP) is 7.37. The summed E-state index contributed by atoms with van der Waals surface area (Å²) in [6, 6.07) is 16.6. The van der Waals surface area contributed by atoms with Crippen LogP contribution in [0.2, 0.25) is 0 Å². The maximum absolute atomic E-state index is 12.2. The first kappa shape index (κ1) is 45.8. The predicted molar refractivity (Wildman–Crippen MR) is 204 cm³/mol. The molecular weight excluding hydrogens is 614 g/mol. The van der Waals surface area contributed by atoms with Crippen LogP contribution in [0.25, 0.3) is 0 Å². The van der Waals surface area contributed by atoms with Gasteiger partial charge in [-0.05, 0) is 83.3 Å². The zero-order valence-corrected chi connectivity index (χ0v) is 32.1. The van der Waals surface area contributed by atoms with Gasteiger partial charge in [0.05, 0.1) is 18.1 Å². The molecule has 0 radical (unpaired) electrons. The lowest BCUT2D eigenvalue weighted by molar-refractivity contribution is -0.127. The van der Waals surface area contributed by atoms with E-state index in [1.165, 1.54) is 36.0 Å². The van der Waals surface area contributed by atoms with Crippen molar-refractivity contribution in [2.24, 2.45) is 11.8 Å². The molecule has 4 atom stereocenters. The number of ketones is 1. The lowest BCUT2D eigenvalue weighted by Crippen LogP contribution is -2.47. The molecule has 4 rings (SSSR count). The van der Waals surface area contributed by atoms with E-state index in [4.69, 9.17) is 9.84 Å². The van der Waals surface area contributed by atoms with Crippen LogP contribution in [0.5, 0.6) is 5.75 Å². The second-order valence-corrected chi connectivity index (χ2v) is 12.3. The van der Waals surface area contributed by atoms with E-state index >= 15 is 0 Å². The number of carbonyl (C=O) groups excluding carboxylic acids is 3. The number of hydrogen-bond donors (Lipinski definition) is 4. The zero-order chi connectivity index (χ0) is 37.0. The minimum atomic E-state index is -0.563. The van der Waals surface area contributed by atoms with Crippen molar-refractivity contribution in [1.82, 2.24) is 16.0 Å². The van der Waals surface area contributed by atoms with Crippen molar-refractivity contribution in [2.75, 3.05) is 19.6 Å². The first-order valence-electron chi connectivity index (χ1n) is 18.8. The van der Waals surface area contributed by atoms with Gasteiger partial charge in [0.2, 0.25) is 12.3 Å². The van der Waals surface area contributed by atoms with Crippen molar-refractivity contribution in [3.63, 3.8) is 0 Å². The average Bonchev–Trinajstić information content (AvgIpc) is 3.13. The Kier molecular flexibility index (Phi) is 26.7. The molecule has 0 spiro atoms. The summed E-state index contributed by atoms with van der Waals surface area (Å²) >= 11 is 0. The molecule has 4 unspecified atom stereocenters. The van der Waals surface area contributed by atoms with Crippen molar-refractivity contribution in [1.29, 1.82) is 0 Å². The van der Waals surface area contributed by atoms with Crippen LogP contribution in [0.3, 0.4) is 0 Å². The minimum Gasteiger partial charge on any atom is -0.489 e. The Bertz CT molecular complexity index is 1140. The van der Waals surface area contributed by atoms with Crippen LogP contribution < -0.4 is 20.7 Å². The van der Waals surface area contributed by atoms with Gasteiger partial charge >= 0.3 is 0 Å². The lowest BCUT2D eigenvalue weighted by atomic mass is 9.82. The molecule has 2 amide bonds. The Morgan fingerprint density at radius 1 is 0.959 bits per heavy atom. The van der Waals surface area contributed by atoms with Crippen LogP contribution >= 0.6 is 0 Å². The van der Waals surface area contributed by atoms with E-state index in [-0.39, 0.29) is 29.8 Å². The molecular formula is C41H69N3O5. The van der Waals surface area contributed by atoms with Crippen LogP contribution in [0.15, 0.2) is 48.5 Å². The number of carbonyl (C=O) groups is 3. The number of aliphatic hydroxyl groups is 1. The molecule has 0 saturated heterocycles. The van der Waals surface area contributed by atoms with Crippen LogP contribution in [0.1, 0.15) is 117 Å². The van der Waals surface area contributed by atoms with E-state index < -0.39 is 6.10 Å². The van der Waals surface area contributed by atoms with Crippen molar-refractivity contribution in [3.05, 3.63) is 65.2 Å². The van der Waals surface area contributed by atoms with E-state index in [1.54, 1.807) is 20.8 Å². The fraction of sp³-hybridized carbons (Fsp3) is 0.634. The molecule has 49 heavy (non-hydrogen) atoms. The second kappa shape index (κ2) is 28.6. The molecule has 1 saturated carbocycles. The molecule has 2 aromatic rings. The number of Topliss-reactive ketones (excluding diaryl/α,β-unsaturated/α-hetero) is 1. The monoisotopic (exact) mass is 684 g/mol. The van der Waals surface area contributed by atoms with Gasteiger partial charge in [-0.3, -0.25) is 14.4 Å². The van der Waals surface area contributed by atoms with Gasteiger partial charge in [0.25, 0.3) is 0 Å². The van der Waals surface area contributed by atoms with Crippen LogP contribution in [0.4, 0.5) is 0 Å². The third-order valence-electron chi connectivity index (χ3n) is 8.60. The highest BCUT2D eigenvalue weighted by Gasteiger charge is 2.29. The summed E-state index contributed by atoms with van der Waals surface area (Å²) in [5, 5.41) is 17.8. The molecule has 0 aromatic heterocycles. The summed E-state index contributed by atoms with van der Waals surface area (Å²) in [5.74, 6) is 1.36. The Labute approximate surface area is 298 Å². The molecule has 1 fully saturated rings. The average molecular weight is 684 g/mol. The molecule has 278 valence electrons. The van der Waals surface area contributed by atoms with Gasteiger partial charge in [0.15, 0.2) is 0 Å².